The van der Waals surface area contributed by atoms with E-state index in [0.717, 1.165) is 0 Å². The fourth-order valence-corrected chi connectivity index (χ4v) is 8.36. The summed E-state index contributed by atoms with van der Waals surface area (Å²) in [6, 6.07) is 0. The smallest absolute Gasteiger partial charge is 0.336 e. The molecule has 12 heteroatoms. The summed E-state index contributed by atoms with van der Waals surface area (Å²) in [7, 11) is 0. The molecule has 0 heterocycles. The van der Waals surface area contributed by atoms with Gasteiger partial charge in [0.15, 0.2) is 17.2 Å². The number of esters is 1. The molecule has 4 aliphatic rings. The van der Waals surface area contributed by atoms with Crippen LogP contribution in [0.15, 0.2) is 11.6 Å². The van der Waals surface area contributed by atoms with Gasteiger partial charge in [-0.1, -0.05) is 19.4 Å². The number of carboxylic acid groups (broad SMARTS) is 2. The first-order valence-corrected chi connectivity index (χ1v) is 13.2. The Morgan fingerprint density at radius 1 is 1.13 bits per heavy atom. The molecule has 3 saturated carbocycles. The van der Waals surface area contributed by atoms with E-state index in [9.17, 15) is 49.5 Å². The van der Waals surface area contributed by atoms with Crippen LogP contribution in [0.25, 0.3) is 0 Å². The number of Topliss-reactive ketones (excluding diaryl/α,β-unsaturated/α-hetero) is 1. The predicted molar refractivity (Wildman–Crippen MR) is 130 cm³/mol. The second-order valence-corrected chi connectivity index (χ2v) is 12.2. The first kappa shape index (κ1) is 29.3. The summed E-state index contributed by atoms with van der Waals surface area (Å²) in [5, 5.41) is 61.1. The normalized spacial score (nSPS) is 40.8. The van der Waals surface area contributed by atoms with E-state index < -0.39 is 83.3 Å². The number of carbonyl (C=O) groups excluding carboxylic acids is 3. The van der Waals surface area contributed by atoms with Crippen LogP contribution in [0.4, 0.5) is 0 Å². The summed E-state index contributed by atoms with van der Waals surface area (Å²) < 4.78 is 5.63. The van der Waals surface area contributed by atoms with Gasteiger partial charge in [-0.2, -0.15) is 0 Å². The highest BCUT2D eigenvalue weighted by Crippen LogP contribution is 2.67. The SMILES string of the molecule is C[C@]12C[C@H](O)[C@H]3[C@@H](CCC4=CC(=O)CC(OC(=O)CC(O)(CC(=O)O)C(=O)O)[C@@]43C)[C@@H]1CC[C@]2(O)C(=O)CO. The number of fused-ring (bicyclic) bond motifs is 5. The quantitative estimate of drug-likeness (QED) is 0.219. The van der Waals surface area contributed by atoms with Gasteiger partial charge in [0.1, 0.15) is 18.3 Å². The van der Waals surface area contributed by atoms with Crippen LogP contribution in [-0.2, 0) is 28.7 Å². The van der Waals surface area contributed by atoms with Crippen molar-refractivity contribution >= 4 is 29.5 Å². The summed E-state index contributed by atoms with van der Waals surface area (Å²) in [6.07, 6.45) is -1.70. The van der Waals surface area contributed by atoms with E-state index in [1.165, 1.54) is 6.08 Å². The largest absolute Gasteiger partial charge is 0.481 e. The van der Waals surface area contributed by atoms with Crippen molar-refractivity contribution in [2.24, 2.45) is 28.6 Å². The summed E-state index contributed by atoms with van der Waals surface area (Å²) in [4.78, 5) is 60.7. The van der Waals surface area contributed by atoms with Gasteiger partial charge in [0.25, 0.3) is 0 Å². The molecule has 0 spiro atoms. The van der Waals surface area contributed by atoms with Gasteiger partial charge in [-0.3, -0.25) is 19.2 Å². The maximum Gasteiger partial charge on any atom is 0.336 e. The van der Waals surface area contributed by atoms with Crippen molar-refractivity contribution in [1.29, 1.82) is 0 Å². The van der Waals surface area contributed by atoms with Crippen LogP contribution in [0.2, 0.25) is 0 Å². The molecule has 6 N–H and O–H groups in total. The molecule has 9 atom stereocenters. The molecule has 0 aromatic carbocycles. The fourth-order valence-electron chi connectivity index (χ4n) is 8.36. The van der Waals surface area contributed by atoms with Crippen LogP contribution in [-0.4, -0.2) is 90.1 Å². The average molecular weight is 553 g/mol. The Hall–Kier alpha value is -2.67. The zero-order valence-corrected chi connectivity index (χ0v) is 22.0. The summed E-state index contributed by atoms with van der Waals surface area (Å²) >= 11 is 0. The van der Waals surface area contributed by atoms with Crippen molar-refractivity contribution in [1.82, 2.24) is 0 Å². The van der Waals surface area contributed by atoms with Gasteiger partial charge in [-0.05, 0) is 50.0 Å². The molecular weight excluding hydrogens is 516 g/mol. The van der Waals surface area contributed by atoms with Crippen LogP contribution in [0.5, 0.6) is 0 Å². The van der Waals surface area contributed by atoms with Gasteiger partial charge in [-0.25, -0.2) is 4.79 Å². The van der Waals surface area contributed by atoms with E-state index in [1.807, 2.05) is 0 Å². The molecule has 0 saturated heterocycles. The predicted octanol–water partition coefficient (Wildman–Crippen LogP) is -0.0162. The first-order valence-electron chi connectivity index (χ1n) is 13.2. The lowest BCUT2D eigenvalue weighted by Gasteiger charge is -2.61. The molecule has 4 aliphatic carbocycles. The Morgan fingerprint density at radius 3 is 2.38 bits per heavy atom. The summed E-state index contributed by atoms with van der Waals surface area (Å²) in [6.45, 7) is 2.70. The third-order valence-corrected chi connectivity index (χ3v) is 10.3. The molecular formula is C27H36O12. The Morgan fingerprint density at radius 2 is 1.79 bits per heavy atom. The number of carboxylic acids is 2. The highest BCUT2D eigenvalue weighted by molar-refractivity contribution is 5.93. The number of carbonyl (C=O) groups is 5. The topological polar surface area (TPSA) is 216 Å². The number of aliphatic hydroxyl groups excluding tert-OH is 2. The van der Waals surface area contributed by atoms with E-state index in [4.69, 9.17) is 9.84 Å². The van der Waals surface area contributed by atoms with Crippen LogP contribution in [0.1, 0.15) is 65.2 Å². The molecule has 3 fully saturated rings. The van der Waals surface area contributed by atoms with Crippen molar-refractivity contribution in [2.75, 3.05) is 6.61 Å². The van der Waals surface area contributed by atoms with Crippen LogP contribution >= 0.6 is 0 Å². The minimum absolute atomic E-state index is 0.0376. The van der Waals surface area contributed by atoms with E-state index >= 15 is 0 Å². The van der Waals surface area contributed by atoms with Gasteiger partial charge in [0.05, 0.1) is 18.9 Å². The van der Waals surface area contributed by atoms with Gasteiger partial charge in [0, 0.05) is 23.2 Å². The second kappa shape index (κ2) is 9.76. The van der Waals surface area contributed by atoms with Crippen LogP contribution in [0, 0.1) is 28.6 Å². The van der Waals surface area contributed by atoms with Gasteiger partial charge in [0.2, 0.25) is 0 Å². The van der Waals surface area contributed by atoms with E-state index in [1.54, 1.807) is 13.8 Å². The van der Waals surface area contributed by atoms with Gasteiger partial charge < -0.3 is 35.4 Å². The molecule has 4 rings (SSSR count). The molecule has 12 nitrogen and oxygen atoms in total. The van der Waals surface area contributed by atoms with Crippen molar-refractivity contribution in [3.8, 4) is 0 Å². The molecule has 0 radical (unpaired) electrons. The summed E-state index contributed by atoms with van der Waals surface area (Å²) in [5.41, 5.74) is -6.09. The maximum atomic E-state index is 12.9. The van der Waals surface area contributed by atoms with Crippen molar-refractivity contribution in [3.05, 3.63) is 11.6 Å². The van der Waals surface area contributed by atoms with E-state index in [2.05, 4.69) is 0 Å². The lowest BCUT2D eigenvalue weighted by Crippen LogP contribution is -2.64. The zero-order valence-electron chi connectivity index (χ0n) is 22.0. The minimum Gasteiger partial charge on any atom is -0.481 e. The number of aliphatic hydroxyl groups is 4. The molecule has 0 aromatic rings. The van der Waals surface area contributed by atoms with Crippen molar-refractivity contribution < 1.29 is 59.3 Å². The Kier molecular flexibility index (Phi) is 7.33. The van der Waals surface area contributed by atoms with E-state index in [0.29, 0.717) is 24.8 Å². The monoisotopic (exact) mass is 552 g/mol. The Bertz CT molecular complexity index is 1130. The van der Waals surface area contributed by atoms with Crippen molar-refractivity contribution in [3.63, 3.8) is 0 Å². The number of ketones is 2. The van der Waals surface area contributed by atoms with Crippen molar-refractivity contribution in [2.45, 2.75) is 88.6 Å². The lowest BCUT2D eigenvalue weighted by molar-refractivity contribution is -0.199. The standard InChI is InChI=1S/C27H36O12/c1-24-9-17(30)22-15(16(24)5-6-27(24,38)18(31)12-28)4-3-13-7-14(29)8-19(25(13,22)2)39-21(34)11-26(37,23(35)36)10-20(32)33/h7,15-17,19,22,28,30,37-38H,3-6,8-12H2,1-2H3,(H,32,33)(H,35,36)/t15-,16-,17-,19?,22+,24-,25+,26?,27-/m0/s1. The molecule has 0 aromatic heterocycles. The lowest BCUT2D eigenvalue weighted by atomic mass is 9.44. The van der Waals surface area contributed by atoms with Gasteiger partial charge >= 0.3 is 17.9 Å². The average Bonchev–Trinajstić information content (AvgIpc) is 3.09. The number of hydrogen-bond acceptors (Lipinski definition) is 10. The van der Waals surface area contributed by atoms with Crippen LogP contribution < -0.4 is 0 Å². The Balaban J connectivity index is 1.66. The highest BCUT2D eigenvalue weighted by Gasteiger charge is 2.69. The number of hydrogen-bond donors (Lipinski definition) is 6. The highest BCUT2D eigenvalue weighted by atomic mass is 16.5. The second-order valence-electron chi connectivity index (χ2n) is 12.2. The van der Waals surface area contributed by atoms with E-state index in [-0.39, 0.29) is 36.9 Å². The molecule has 0 aliphatic heterocycles. The first-order chi connectivity index (χ1) is 18.0. The molecule has 39 heavy (non-hydrogen) atoms. The molecule has 2 unspecified atom stereocenters. The third-order valence-electron chi connectivity index (χ3n) is 10.3. The zero-order chi connectivity index (χ0) is 29.1. The number of ether oxygens (including phenoxy) is 1. The number of rotatable bonds is 8. The molecule has 0 amide bonds. The molecule has 216 valence electrons. The van der Waals surface area contributed by atoms with Gasteiger partial charge in [-0.15, -0.1) is 0 Å². The minimum atomic E-state index is -2.91. The number of aliphatic carboxylic acids is 2. The molecule has 0 bridgehead atoms. The van der Waals surface area contributed by atoms with Crippen LogP contribution in [0.3, 0.4) is 0 Å². The fraction of sp³-hybridized carbons (Fsp3) is 0.741. The Labute approximate surface area is 224 Å². The summed E-state index contributed by atoms with van der Waals surface area (Å²) in [5.74, 6) is -6.70. The maximum absolute atomic E-state index is 12.9. The third kappa shape index (κ3) is 4.41.